The number of fused-ring (bicyclic) bond motifs is 1. The normalized spacial score (nSPS) is 10.7. The van der Waals surface area contributed by atoms with E-state index in [4.69, 9.17) is 22.1 Å². The Kier molecular flexibility index (Phi) is 5.23. The third kappa shape index (κ3) is 3.28. The highest BCUT2D eigenvalue weighted by atomic mass is 35.5. The Morgan fingerprint density at radius 3 is 2.77 bits per heavy atom. The average Bonchev–Trinajstić information content (AvgIpc) is 2.66. The molecular formula is C19H19ClN4O2. The molecule has 0 spiro atoms. The Hall–Kier alpha value is -2.86. The molecule has 0 saturated carbocycles. The zero-order chi connectivity index (χ0) is 18.7. The lowest BCUT2D eigenvalue weighted by Gasteiger charge is -2.13. The van der Waals surface area contributed by atoms with Crippen LogP contribution < -0.4 is 15.8 Å². The van der Waals surface area contributed by atoms with Gasteiger partial charge in [-0.2, -0.15) is 0 Å². The molecule has 0 fully saturated rings. The smallest absolute Gasteiger partial charge is 0.273 e. The van der Waals surface area contributed by atoms with E-state index in [1.165, 1.54) is 0 Å². The van der Waals surface area contributed by atoms with Crippen molar-refractivity contribution >= 4 is 34.1 Å². The monoisotopic (exact) mass is 370 g/mol. The number of carbonyl (C=O) groups excluding carboxylic acids is 1. The third-order valence-corrected chi connectivity index (χ3v) is 4.27. The van der Waals surface area contributed by atoms with Gasteiger partial charge in [0.25, 0.3) is 5.91 Å². The SMILES string of the molecule is CCCNC(=O)c1nnc2c(-c3cc(Cl)ccc3OC)cccc2c1N. The number of hydrogen-bond acceptors (Lipinski definition) is 5. The summed E-state index contributed by atoms with van der Waals surface area (Å²) >= 11 is 6.15. The van der Waals surface area contributed by atoms with E-state index in [9.17, 15) is 4.79 Å². The number of halogens is 1. The molecule has 0 saturated heterocycles. The molecule has 1 amide bonds. The topological polar surface area (TPSA) is 90.1 Å². The van der Waals surface area contributed by atoms with Gasteiger partial charge in [0.05, 0.1) is 12.8 Å². The fourth-order valence-corrected chi connectivity index (χ4v) is 2.92. The molecule has 1 aromatic heterocycles. The minimum atomic E-state index is -0.329. The fraction of sp³-hybridized carbons (Fsp3) is 0.211. The molecule has 0 aliphatic rings. The maximum absolute atomic E-state index is 12.2. The van der Waals surface area contributed by atoms with Gasteiger partial charge in [0.2, 0.25) is 0 Å². The van der Waals surface area contributed by atoms with Crippen molar-refractivity contribution in [3.8, 4) is 16.9 Å². The summed E-state index contributed by atoms with van der Waals surface area (Å²) in [6.45, 7) is 2.53. The van der Waals surface area contributed by atoms with Crippen LogP contribution in [0, 0.1) is 0 Å². The lowest BCUT2D eigenvalue weighted by Crippen LogP contribution is -2.26. The van der Waals surface area contributed by atoms with Crippen LogP contribution in [0.2, 0.25) is 5.02 Å². The Bertz CT molecular complexity index is 975. The summed E-state index contributed by atoms with van der Waals surface area (Å²) in [5.74, 6) is 0.330. The van der Waals surface area contributed by atoms with Crippen molar-refractivity contribution in [1.82, 2.24) is 15.5 Å². The Morgan fingerprint density at radius 2 is 2.04 bits per heavy atom. The molecule has 0 aliphatic heterocycles. The second-order valence-electron chi connectivity index (χ2n) is 5.76. The van der Waals surface area contributed by atoms with Gasteiger partial charge in [-0.05, 0) is 24.6 Å². The van der Waals surface area contributed by atoms with Gasteiger partial charge in [-0.1, -0.05) is 36.7 Å². The number of hydrogen-bond donors (Lipinski definition) is 2. The Morgan fingerprint density at radius 1 is 1.23 bits per heavy atom. The van der Waals surface area contributed by atoms with E-state index in [-0.39, 0.29) is 11.6 Å². The van der Waals surface area contributed by atoms with Crippen LogP contribution in [0.5, 0.6) is 5.75 Å². The number of nitrogens with two attached hydrogens (primary N) is 1. The summed E-state index contributed by atoms with van der Waals surface area (Å²) in [6.07, 6.45) is 0.825. The van der Waals surface area contributed by atoms with Gasteiger partial charge < -0.3 is 15.8 Å². The zero-order valence-corrected chi connectivity index (χ0v) is 15.3. The molecule has 0 radical (unpaired) electrons. The predicted octanol–water partition coefficient (Wildman–Crippen LogP) is 3.68. The second kappa shape index (κ2) is 7.58. The fourth-order valence-electron chi connectivity index (χ4n) is 2.75. The van der Waals surface area contributed by atoms with Crippen molar-refractivity contribution in [3.05, 3.63) is 47.1 Å². The maximum Gasteiger partial charge on any atom is 0.273 e. The molecule has 0 aliphatic carbocycles. The van der Waals surface area contributed by atoms with Crippen LogP contribution in [-0.4, -0.2) is 29.8 Å². The van der Waals surface area contributed by atoms with Crippen LogP contribution in [-0.2, 0) is 0 Å². The van der Waals surface area contributed by atoms with Crippen molar-refractivity contribution in [2.45, 2.75) is 13.3 Å². The average molecular weight is 371 g/mol. The molecule has 0 atom stereocenters. The van der Waals surface area contributed by atoms with E-state index >= 15 is 0 Å². The first-order valence-electron chi connectivity index (χ1n) is 8.23. The number of benzene rings is 2. The van der Waals surface area contributed by atoms with Gasteiger partial charge in [-0.3, -0.25) is 4.79 Å². The molecule has 7 heteroatoms. The van der Waals surface area contributed by atoms with Gasteiger partial charge in [0.15, 0.2) is 5.69 Å². The second-order valence-corrected chi connectivity index (χ2v) is 6.20. The zero-order valence-electron chi connectivity index (χ0n) is 14.5. The first-order valence-corrected chi connectivity index (χ1v) is 8.61. The first-order chi connectivity index (χ1) is 12.6. The van der Waals surface area contributed by atoms with Crippen LogP contribution in [0.4, 0.5) is 5.69 Å². The predicted molar refractivity (Wildman–Crippen MR) is 104 cm³/mol. The maximum atomic E-state index is 12.2. The van der Waals surface area contributed by atoms with Crippen LogP contribution in [0.25, 0.3) is 22.0 Å². The van der Waals surface area contributed by atoms with Crippen LogP contribution >= 0.6 is 11.6 Å². The van der Waals surface area contributed by atoms with Gasteiger partial charge >= 0.3 is 0 Å². The number of nitrogen functional groups attached to an aromatic ring is 1. The van der Waals surface area contributed by atoms with Crippen LogP contribution in [0.3, 0.4) is 0 Å². The number of ether oxygens (including phenoxy) is 1. The summed E-state index contributed by atoms with van der Waals surface area (Å²) in [4.78, 5) is 12.2. The summed E-state index contributed by atoms with van der Waals surface area (Å²) in [5.41, 5.74) is 8.78. The highest BCUT2D eigenvalue weighted by molar-refractivity contribution is 6.31. The summed E-state index contributed by atoms with van der Waals surface area (Å²) in [6, 6.07) is 10.9. The molecule has 0 unspecified atom stereocenters. The summed E-state index contributed by atoms with van der Waals surface area (Å²) in [7, 11) is 1.59. The Balaban J connectivity index is 2.17. The van der Waals surface area contributed by atoms with Crippen LogP contribution in [0.1, 0.15) is 23.8 Å². The van der Waals surface area contributed by atoms with E-state index in [2.05, 4.69) is 15.5 Å². The van der Waals surface area contributed by atoms with Gasteiger partial charge in [0.1, 0.15) is 11.3 Å². The van der Waals surface area contributed by atoms with Crippen molar-refractivity contribution in [2.24, 2.45) is 0 Å². The standard InChI is InChI=1S/C19H19ClN4O2/c1-3-9-22-19(25)18-16(21)13-6-4-5-12(17(13)23-24-18)14-10-11(20)7-8-15(14)26-2/h4-8,10H,3,9H2,1-2H3,(H2,21,23)(H,22,25). The Labute approximate surface area is 156 Å². The minimum absolute atomic E-state index is 0.126. The van der Waals surface area contributed by atoms with Gasteiger partial charge in [-0.15, -0.1) is 10.2 Å². The lowest BCUT2D eigenvalue weighted by molar-refractivity contribution is 0.0949. The number of rotatable bonds is 5. The van der Waals surface area contributed by atoms with Crippen molar-refractivity contribution in [2.75, 3.05) is 19.4 Å². The summed E-state index contributed by atoms with van der Waals surface area (Å²) < 4.78 is 5.44. The quantitative estimate of drug-likeness (QED) is 0.715. The van der Waals surface area contributed by atoms with Crippen molar-refractivity contribution in [3.63, 3.8) is 0 Å². The highest BCUT2D eigenvalue weighted by Crippen LogP contribution is 2.37. The van der Waals surface area contributed by atoms with Gasteiger partial charge in [-0.25, -0.2) is 0 Å². The number of carbonyl (C=O) groups is 1. The molecule has 26 heavy (non-hydrogen) atoms. The number of nitrogens with one attached hydrogen (secondary N) is 1. The van der Waals surface area contributed by atoms with E-state index in [1.807, 2.05) is 25.1 Å². The number of amides is 1. The molecule has 2 aromatic carbocycles. The molecule has 1 heterocycles. The van der Waals surface area contributed by atoms with Gasteiger partial charge in [0, 0.05) is 28.1 Å². The molecule has 3 aromatic rings. The molecule has 3 N–H and O–H groups in total. The van der Waals surface area contributed by atoms with E-state index in [0.717, 1.165) is 17.5 Å². The largest absolute Gasteiger partial charge is 0.496 e. The minimum Gasteiger partial charge on any atom is -0.496 e. The molecule has 134 valence electrons. The number of aromatic nitrogens is 2. The number of anilines is 1. The van der Waals surface area contributed by atoms with Crippen molar-refractivity contribution < 1.29 is 9.53 Å². The molecule has 6 nitrogen and oxygen atoms in total. The van der Waals surface area contributed by atoms with E-state index in [1.54, 1.807) is 25.3 Å². The molecular weight excluding hydrogens is 352 g/mol. The third-order valence-electron chi connectivity index (χ3n) is 4.03. The van der Waals surface area contributed by atoms with E-state index < -0.39 is 0 Å². The molecule has 3 rings (SSSR count). The molecule has 0 bridgehead atoms. The first kappa shape index (κ1) is 17.9. The number of nitrogens with zero attached hydrogens (tertiary/aromatic N) is 2. The number of methoxy groups -OCH3 is 1. The van der Waals surface area contributed by atoms with Crippen molar-refractivity contribution in [1.29, 1.82) is 0 Å². The lowest BCUT2D eigenvalue weighted by atomic mass is 10.0. The van der Waals surface area contributed by atoms with E-state index in [0.29, 0.717) is 33.9 Å². The summed E-state index contributed by atoms with van der Waals surface area (Å²) in [5, 5.41) is 12.3. The van der Waals surface area contributed by atoms with Crippen LogP contribution in [0.15, 0.2) is 36.4 Å². The highest BCUT2D eigenvalue weighted by Gasteiger charge is 2.18.